The maximum Gasteiger partial charge on any atom is 0.270 e. The number of hydrogen-bond donors (Lipinski definition) is 0. The first-order valence-electron chi connectivity index (χ1n) is 12.3. The van der Waals surface area contributed by atoms with Gasteiger partial charge >= 0.3 is 0 Å². The molecule has 4 aromatic rings. The zero-order chi connectivity index (χ0) is 29.7. The zero-order valence-corrected chi connectivity index (χ0v) is 21.2. The average Bonchev–Trinajstić information content (AvgIpc) is 3.51. The van der Waals surface area contributed by atoms with Crippen molar-refractivity contribution in [1.82, 2.24) is 0 Å². The highest BCUT2D eigenvalue weighted by Crippen LogP contribution is 2.62. The molecular formula is C34H12F4N4. The topological polar surface area (TPSA) is 56.3 Å². The Balaban J connectivity index is 1.82. The number of benzene rings is 4. The number of rotatable bonds is 2. The molecule has 0 unspecified atom stereocenters. The van der Waals surface area contributed by atoms with E-state index in [-0.39, 0.29) is 33.7 Å². The first-order valence-corrected chi connectivity index (χ1v) is 12.3. The van der Waals surface area contributed by atoms with Gasteiger partial charge in [0.05, 0.1) is 25.3 Å². The molecule has 0 radical (unpaired) electrons. The van der Waals surface area contributed by atoms with E-state index >= 15 is 0 Å². The Kier molecular flexibility index (Phi) is 6.05. The Labute approximate surface area is 237 Å². The average molecular weight is 552 g/mol. The van der Waals surface area contributed by atoms with Crippen molar-refractivity contribution in [3.8, 4) is 34.4 Å². The van der Waals surface area contributed by atoms with E-state index in [1.165, 1.54) is 12.1 Å². The van der Waals surface area contributed by atoms with Gasteiger partial charge in [-0.3, -0.25) is 0 Å². The zero-order valence-electron chi connectivity index (χ0n) is 21.2. The van der Waals surface area contributed by atoms with Gasteiger partial charge in [0.2, 0.25) is 0 Å². The van der Waals surface area contributed by atoms with Crippen LogP contribution in [0.5, 0.6) is 0 Å². The number of hydrogen-bond acceptors (Lipinski definition) is 2. The molecule has 0 heterocycles. The first kappa shape index (κ1) is 26.0. The van der Waals surface area contributed by atoms with E-state index in [4.69, 9.17) is 13.1 Å². The van der Waals surface area contributed by atoms with E-state index in [2.05, 4.69) is 9.69 Å². The van der Waals surface area contributed by atoms with Crippen molar-refractivity contribution < 1.29 is 17.6 Å². The van der Waals surface area contributed by atoms with Crippen LogP contribution in [0.2, 0.25) is 0 Å². The molecule has 6 rings (SSSR count). The molecule has 0 fully saturated rings. The summed E-state index contributed by atoms with van der Waals surface area (Å²) in [5.74, 6) is -4.26. The van der Waals surface area contributed by atoms with E-state index in [0.29, 0.717) is 44.5 Å². The van der Waals surface area contributed by atoms with Crippen LogP contribution in [0.3, 0.4) is 0 Å². The highest BCUT2D eigenvalue weighted by molar-refractivity contribution is 6.39. The summed E-state index contributed by atoms with van der Waals surface area (Å²) in [5, 5.41) is 20.0. The monoisotopic (exact) mass is 552 g/mol. The molecule has 0 aliphatic heterocycles. The summed E-state index contributed by atoms with van der Waals surface area (Å²) in [6, 6.07) is 20.5. The van der Waals surface area contributed by atoms with Gasteiger partial charge < -0.3 is 0 Å². The van der Waals surface area contributed by atoms with Gasteiger partial charge in [0.1, 0.15) is 0 Å². The predicted octanol–water partition coefficient (Wildman–Crippen LogP) is 8.82. The van der Waals surface area contributed by atoms with E-state index in [0.717, 1.165) is 24.3 Å². The second kappa shape index (κ2) is 9.76. The lowest BCUT2D eigenvalue weighted by atomic mass is 9.85. The molecular weight excluding hydrogens is 540 g/mol. The Hall–Kier alpha value is -6.22. The quantitative estimate of drug-likeness (QED) is 0.142. The fourth-order valence-electron chi connectivity index (χ4n) is 5.65. The summed E-state index contributed by atoms with van der Waals surface area (Å²) in [4.78, 5) is 6.92. The van der Waals surface area contributed by atoms with E-state index in [9.17, 15) is 28.1 Å². The smallest absolute Gasteiger partial charge is 0.226 e. The van der Waals surface area contributed by atoms with E-state index in [1.807, 2.05) is 12.1 Å². The predicted molar refractivity (Wildman–Crippen MR) is 149 cm³/mol. The van der Waals surface area contributed by atoms with E-state index in [1.54, 1.807) is 36.4 Å². The molecule has 0 saturated carbocycles. The molecule has 2 aliphatic carbocycles. The molecule has 0 atom stereocenters. The van der Waals surface area contributed by atoms with Gasteiger partial charge in [0.25, 0.3) is 11.4 Å². The van der Waals surface area contributed by atoms with Gasteiger partial charge in [0, 0.05) is 11.1 Å². The van der Waals surface area contributed by atoms with Crippen molar-refractivity contribution in [3.63, 3.8) is 0 Å². The molecule has 0 saturated heterocycles. The minimum absolute atomic E-state index is 0.218. The van der Waals surface area contributed by atoms with Crippen molar-refractivity contribution in [2.75, 3.05) is 0 Å². The summed E-state index contributed by atoms with van der Waals surface area (Å²) in [6.45, 7) is 15.5. The highest BCUT2D eigenvalue weighted by atomic mass is 19.2. The van der Waals surface area contributed by atoms with Crippen LogP contribution in [0.25, 0.3) is 54.2 Å². The molecule has 2 aliphatic rings. The van der Waals surface area contributed by atoms with Gasteiger partial charge in [-0.25, -0.2) is 37.8 Å². The Morgan fingerprint density at radius 1 is 0.548 bits per heavy atom. The second-order valence-corrected chi connectivity index (χ2v) is 9.36. The van der Waals surface area contributed by atoms with Crippen LogP contribution in [0.15, 0.2) is 84.2 Å². The normalized spacial score (nSPS) is 15.0. The molecule has 4 aromatic carbocycles. The van der Waals surface area contributed by atoms with Crippen LogP contribution in [-0.4, -0.2) is 0 Å². The fraction of sp³-hybridized carbons (Fsp3) is 0. The summed E-state index contributed by atoms with van der Waals surface area (Å²) in [5.41, 5.74) is 3.67. The third-order valence-electron chi connectivity index (χ3n) is 7.29. The molecule has 4 nitrogen and oxygen atoms in total. The van der Waals surface area contributed by atoms with Crippen molar-refractivity contribution in [2.45, 2.75) is 0 Å². The highest BCUT2D eigenvalue weighted by Gasteiger charge is 2.42. The number of halogens is 4. The summed E-state index contributed by atoms with van der Waals surface area (Å²) < 4.78 is 56.5. The third-order valence-corrected chi connectivity index (χ3v) is 7.29. The van der Waals surface area contributed by atoms with Crippen LogP contribution in [0.1, 0.15) is 22.3 Å². The van der Waals surface area contributed by atoms with Gasteiger partial charge in [-0.15, -0.1) is 0 Å². The molecule has 0 bridgehead atoms. The van der Waals surface area contributed by atoms with Gasteiger partial charge in [-0.1, -0.05) is 48.5 Å². The number of nitrogens with zero attached hydrogens (tertiary/aromatic N) is 4. The summed E-state index contributed by atoms with van der Waals surface area (Å²) >= 11 is 0. The lowest BCUT2D eigenvalue weighted by molar-refractivity contribution is 0.509. The van der Waals surface area contributed by atoms with Crippen LogP contribution in [-0.2, 0) is 0 Å². The van der Waals surface area contributed by atoms with Gasteiger partial charge in [-0.2, -0.15) is 0 Å². The maximum atomic E-state index is 14.4. The van der Waals surface area contributed by atoms with Crippen LogP contribution in [0, 0.1) is 59.1 Å². The molecule has 0 N–H and O–H groups in total. The summed E-state index contributed by atoms with van der Waals surface area (Å²) in [7, 11) is 0. The molecule has 0 aromatic heterocycles. The summed E-state index contributed by atoms with van der Waals surface area (Å²) in [6.07, 6.45) is 0. The first-order chi connectivity index (χ1) is 20.3. The van der Waals surface area contributed by atoms with Gasteiger partial charge in [0.15, 0.2) is 23.3 Å². The van der Waals surface area contributed by atoms with Crippen molar-refractivity contribution in [3.05, 3.63) is 153 Å². The molecule has 0 amide bonds. The molecule has 0 spiro atoms. The van der Waals surface area contributed by atoms with Crippen LogP contribution < -0.4 is 0 Å². The SMILES string of the molecule is [C-]#[N+]/C(C#N)=C1C2=C(/C(=C(\C#N)[N+]#[C-])c3cccc(-c4ccc(F)c(F)c4)c32)c2c\1cccc2-c1ccc(F)c(F)c1. The largest absolute Gasteiger partial charge is 0.270 e. The standard InChI is InChI=1S/C34H12F4N4/c1-41-27(15-39)31-21-7-3-5-19(17-9-11-23(35)25(37)13-17)29(21)34-32(28(16-40)42-2)22-8-4-6-20(30(22)33(31)34)18-10-12-24(36)26(38)14-18/h3-14H/b31-27-,32-28+. The van der Waals surface area contributed by atoms with E-state index < -0.39 is 23.3 Å². The molecule has 42 heavy (non-hydrogen) atoms. The Morgan fingerprint density at radius 2 is 0.929 bits per heavy atom. The van der Waals surface area contributed by atoms with Crippen molar-refractivity contribution in [2.24, 2.45) is 0 Å². The fourth-order valence-corrected chi connectivity index (χ4v) is 5.65. The van der Waals surface area contributed by atoms with Crippen LogP contribution >= 0.6 is 0 Å². The second-order valence-electron chi connectivity index (χ2n) is 9.36. The number of allylic oxidation sites excluding steroid dienone is 6. The minimum atomic E-state index is -1.09. The maximum absolute atomic E-state index is 14.4. The van der Waals surface area contributed by atoms with Crippen molar-refractivity contribution >= 4 is 22.3 Å². The Bertz CT molecular complexity index is 1990. The lowest BCUT2D eigenvalue weighted by Crippen LogP contribution is -1.99. The molecule has 196 valence electrons. The van der Waals surface area contributed by atoms with Crippen LogP contribution in [0.4, 0.5) is 17.6 Å². The Morgan fingerprint density at radius 3 is 1.26 bits per heavy atom. The number of fused-ring (bicyclic) bond motifs is 4. The third kappa shape index (κ3) is 3.65. The number of nitriles is 2. The lowest BCUT2D eigenvalue weighted by Gasteiger charge is -2.18. The van der Waals surface area contributed by atoms with Gasteiger partial charge in [-0.05, 0) is 79.9 Å². The minimum Gasteiger partial charge on any atom is -0.226 e. The molecule has 8 heteroatoms. The van der Waals surface area contributed by atoms with Crippen molar-refractivity contribution in [1.29, 1.82) is 10.5 Å².